The van der Waals surface area contributed by atoms with Crippen molar-refractivity contribution in [3.63, 3.8) is 0 Å². The summed E-state index contributed by atoms with van der Waals surface area (Å²) in [6, 6.07) is 20.5. The number of hydrogen-bond acceptors (Lipinski definition) is 2. The van der Waals surface area contributed by atoms with E-state index in [2.05, 4.69) is 34.0 Å². The highest BCUT2D eigenvalue weighted by atomic mass is 16.3. The summed E-state index contributed by atoms with van der Waals surface area (Å²) in [5.41, 5.74) is 1.17. The second-order valence-corrected chi connectivity index (χ2v) is 5.22. The molecular weight excluding hydrogens is 248 g/mol. The van der Waals surface area contributed by atoms with Gasteiger partial charge in [-0.1, -0.05) is 60.7 Å². The number of benzene rings is 2. The van der Waals surface area contributed by atoms with Gasteiger partial charge in [0.05, 0.1) is 6.04 Å². The number of rotatable bonds is 3. The highest BCUT2D eigenvalue weighted by Gasteiger charge is 2.51. The van der Waals surface area contributed by atoms with Crippen LogP contribution in [0.4, 0.5) is 0 Å². The summed E-state index contributed by atoms with van der Waals surface area (Å²) >= 11 is 0. The first-order valence-electron chi connectivity index (χ1n) is 6.67. The molecule has 3 rings (SSSR count). The summed E-state index contributed by atoms with van der Waals surface area (Å²) < 4.78 is 0. The minimum atomic E-state index is -1.21. The van der Waals surface area contributed by atoms with Crippen LogP contribution in [0.25, 0.3) is 4.85 Å². The van der Waals surface area contributed by atoms with Crippen LogP contribution in [0.3, 0.4) is 0 Å². The van der Waals surface area contributed by atoms with Gasteiger partial charge in [0.25, 0.3) is 0 Å². The molecule has 0 saturated carbocycles. The van der Waals surface area contributed by atoms with Gasteiger partial charge in [-0.3, -0.25) is 9.74 Å². The van der Waals surface area contributed by atoms with Gasteiger partial charge >= 0.3 is 5.72 Å². The Bertz CT molecular complexity index is 573. The molecule has 0 spiro atoms. The third-order valence-corrected chi connectivity index (χ3v) is 3.72. The van der Waals surface area contributed by atoms with Gasteiger partial charge in [0.1, 0.15) is 13.1 Å². The molecule has 3 heteroatoms. The molecule has 1 saturated heterocycles. The van der Waals surface area contributed by atoms with E-state index in [4.69, 9.17) is 6.57 Å². The van der Waals surface area contributed by atoms with Gasteiger partial charge in [0.2, 0.25) is 0 Å². The van der Waals surface area contributed by atoms with Crippen molar-refractivity contribution < 1.29 is 5.11 Å². The Labute approximate surface area is 118 Å². The van der Waals surface area contributed by atoms with Gasteiger partial charge in [-0.05, 0) is 11.1 Å². The third-order valence-electron chi connectivity index (χ3n) is 3.72. The van der Waals surface area contributed by atoms with E-state index in [-0.39, 0.29) is 6.04 Å². The topological polar surface area (TPSA) is 27.8 Å². The van der Waals surface area contributed by atoms with E-state index in [1.807, 2.05) is 36.4 Å². The molecule has 0 bridgehead atoms. The van der Waals surface area contributed by atoms with Crippen molar-refractivity contribution in [3.8, 4) is 0 Å². The number of hydrogen-bond donors (Lipinski definition) is 1. The minimum absolute atomic E-state index is 0.0967. The second-order valence-electron chi connectivity index (χ2n) is 5.22. The molecule has 0 aliphatic carbocycles. The first-order valence-corrected chi connectivity index (χ1v) is 6.67. The average Bonchev–Trinajstić information content (AvgIpc) is 2.48. The number of likely N-dealkylation sites (tertiary alicyclic amines) is 1. The maximum atomic E-state index is 9.94. The molecule has 1 fully saturated rings. The van der Waals surface area contributed by atoms with Gasteiger partial charge in [-0.25, -0.2) is 6.57 Å². The van der Waals surface area contributed by atoms with Crippen LogP contribution < -0.4 is 0 Å². The molecule has 2 aromatic rings. The Morgan fingerprint density at radius 2 is 1.40 bits per heavy atom. The number of nitrogens with zero attached hydrogens (tertiary/aromatic N) is 2. The van der Waals surface area contributed by atoms with Crippen LogP contribution in [0, 0.1) is 6.57 Å². The summed E-state index contributed by atoms with van der Waals surface area (Å²) in [4.78, 5) is 5.45. The molecule has 3 nitrogen and oxygen atoms in total. The van der Waals surface area contributed by atoms with Crippen molar-refractivity contribution in [1.82, 2.24) is 4.90 Å². The van der Waals surface area contributed by atoms with Gasteiger partial charge in [0, 0.05) is 0 Å². The Morgan fingerprint density at radius 1 is 0.950 bits per heavy atom. The molecule has 1 aliphatic rings. The SMILES string of the molecule is [C-]#[N+]C1(O)CN(C(c2ccccc2)c2ccccc2)C1. The second kappa shape index (κ2) is 5.09. The van der Waals surface area contributed by atoms with Gasteiger partial charge in [-0.2, -0.15) is 0 Å². The molecule has 2 aromatic carbocycles. The molecule has 1 aliphatic heterocycles. The first-order chi connectivity index (χ1) is 9.72. The molecule has 20 heavy (non-hydrogen) atoms. The Hall–Kier alpha value is -2.15. The molecule has 0 aromatic heterocycles. The summed E-state index contributed by atoms with van der Waals surface area (Å²) in [5.74, 6) is 0. The van der Waals surface area contributed by atoms with Crippen LogP contribution in [0.1, 0.15) is 17.2 Å². The normalized spacial score (nSPS) is 17.4. The van der Waals surface area contributed by atoms with Gasteiger partial charge in [0.15, 0.2) is 0 Å². The molecule has 0 atom stereocenters. The van der Waals surface area contributed by atoms with Crippen molar-refractivity contribution in [2.24, 2.45) is 0 Å². The summed E-state index contributed by atoms with van der Waals surface area (Å²) in [6.07, 6.45) is 0. The maximum absolute atomic E-state index is 9.94. The summed E-state index contributed by atoms with van der Waals surface area (Å²) in [7, 11) is 0. The van der Waals surface area contributed by atoms with E-state index in [0.717, 1.165) is 0 Å². The minimum Gasteiger partial charge on any atom is -0.322 e. The van der Waals surface area contributed by atoms with Crippen molar-refractivity contribution in [3.05, 3.63) is 83.2 Å². The summed E-state index contributed by atoms with van der Waals surface area (Å²) in [6.45, 7) is 7.83. The molecule has 100 valence electrons. The molecular formula is C17H16N2O. The molecule has 0 unspecified atom stereocenters. The molecule has 0 radical (unpaired) electrons. The maximum Gasteiger partial charge on any atom is 0.360 e. The fraction of sp³-hybridized carbons (Fsp3) is 0.235. The summed E-state index contributed by atoms with van der Waals surface area (Å²) in [5, 5.41) is 9.94. The van der Waals surface area contributed by atoms with Gasteiger partial charge < -0.3 is 5.11 Å². The van der Waals surface area contributed by atoms with Crippen LogP contribution >= 0.6 is 0 Å². The largest absolute Gasteiger partial charge is 0.360 e. The predicted octanol–water partition coefficient (Wildman–Crippen LogP) is 2.70. The quantitative estimate of drug-likeness (QED) is 0.863. The lowest BCUT2D eigenvalue weighted by Crippen LogP contribution is -2.60. The molecule has 1 heterocycles. The van der Waals surface area contributed by atoms with E-state index in [0.29, 0.717) is 13.1 Å². The van der Waals surface area contributed by atoms with Crippen LogP contribution in [0.15, 0.2) is 60.7 Å². The van der Waals surface area contributed by atoms with Crippen molar-refractivity contribution >= 4 is 0 Å². The van der Waals surface area contributed by atoms with Crippen molar-refractivity contribution in [2.75, 3.05) is 13.1 Å². The monoisotopic (exact) mass is 264 g/mol. The Morgan fingerprint density at radius 3 is 1.80 bits per heavy atom. The van der Waals surface area contributed by atoms with E-state index < -0.39 is 5.72 Å². The van der Waals surface area contributed by atoms with Crippen molar-refractivity contribution in [1.29, 1.82) is 0 Å². The standard InChI is InChI=1S/C17H16N2O/c1-18-17(20)12-19(13-17)16(14-8-4-2-5-9-14)15-10-6-3-7-11-15/h2-11,16,20H,12-13H2. The Balaban J connectivity index is 1.93. The Kier molecular flexibility index (Phi) is 3.27. The fourth-order valence-corrected chi connectivity index (χ4v) is 2.74. The van der Waals surface area contributed by atoms with E-state index in [1.54, 1.807) is 0 Å². The average molecular weight is 264 g/mol. The first kappa shape index (κ1) is 12.9. The molecule has 0 amide bonds. The highest BCUT2D eigenvalue weighted by molar-refractivity contribution is 5.33. The van der Waals surface area contributed by atoms with Crippen LogP contribution in [-0.4, -0.2) is 28.8 Å². The zero-order valence-electron chi connectivity index (χ0n) is 11.1. The van der Waals surface area contributed by atoms with Crippen LogP contribution in [-0.2, 0) is 0 Å². The van der Waals surface area contributed by atoms with Gasteiger partial charge in [-0.15, -0.1) is 0 Å². The highest BCUT2D eigenvalue weighted by Crippen LogP contribution is 2.36. The fourth-order valence-electron chi connectivity index (χ4n) is 2.74. The van der Waals surface area contributed by atoms with E-state index in [9.17, 15) is 5.11 Å². The van der Waals surface area contributed by atoms with Crippen LogP contribution in [0.5, 0.6) is 0 Å². The zero-order valence-corrected chi connectivity index (χ0v) is 11.1. The lowest BCUT2D eigenvalue weighted by molar-refractivity contribution is -0.0769. The predicted molar refractivity (Wildman–Crippen MR) is 77.9 cm³/mol. The zero-order chi connectivity index (χ0) is 14.0. The lowest BCUT2D eigenvalue weighted by Gasteiger charge is -2.42. The lowest BCUT2D eigenvalue weighted by atomic mass is 9.92. The van der Waals surface area contributed by atoms with E-state index >= 15 is 0 Å². The molecule has 1 N–H and O–H groups in total. The van der Waals surface area contributed by atoms with E-state index in [1.165, 1.54) is 11.1 Å². The van der Waals surface area contributed by atoms with Crippen molar-refractivity contribution in [2.45, 2.75) is 11.8 Å². The number of β-amino-alcohol motifs (C(OH)–C–C–N with tert-alkyl or cyclic N) is 1. The van der Waals surface area contributed by atoms with Crippen LogP contribution in [0.2, 0.25) is 0 Å². The number of aliphatic hydroxyl groups is 1. The smallest absolute Gasteiger partial charge is 0.322 e. The third kappa shape index (κ3) is 2.32.